The van der Waals surface area contributed by atoms with Gasteiger partial charge in [0.25, 0.3) is 0 Å². The number of aliphatic hydroxyl groups is 1. The molecule has 1 aliphatic carbocycles. The average Bonchev–Trinajstić information content (AvgIpc) is 2.26. The summed E-state index contributed by atoms with van der Waals surface area (Å²) in [5.74, 6) is -0.00898. The Kier molecular flexibility index (Phi) is 5.62. The van der Waals surface area contributed by atoms with Crippen molar-refractivity contribution in [2.45, 2.75) is 56.3 Å². The van der Waals surface area contributed by atoms with Gasteiger partial charge in [-0.3, -0.25) is 4.79 Å². The van der Waals surface area contributed by atoms with Gasteiger partial charge in [0.1, 0.15) is 0 Å². The minimum atomic E-state index is -0.731. The lowest BCUT2D eigenvalue weighted by atomic mass is 9.82. The van der Waals surface area contributed by atoms with Gasteiger partial charge in [0.2, 0.25) is 5.91 Å². The number of rotatable bonds is 5. The molecule has 1 unspecified atom stereocenters. The molecular formula is C12H23NO2S. The lowest BCUT2D eigenvalue weighted by Gasteiger charge is -2.31. The summed E-state index contributed by atoms with van der Waals surface area (Å²) in [5, 5.41) is 13.5. The summed E-state index contributed by atoms with van der Waals surface area (Å²) in [5.41, 5.74) is -0.731. The summed E-state index contributed by atoms with van der Waals surface area (Å²) in [4.78, 5) is 11.7. The Balaban J connectivity index is 2.27. The zero-order valence-electron chi connectivity index (χ0n) is 10.3. The van der Waals surface area contributed by atoms with Crippen LogP contribution < -0.4 is 5.32 Å². The van der Waals surface area contributed by atoms with Crippen molar-refractivity contribution in [3.05, 3.63) is 0 Å². The number of hydrogen-bond donors (Lipinski definition) is 2. The van der Waals surface area contributed by atoms with Crippen molar-refractivity contribution in [3.63, 3.8) is 0 Å². The molecule has 0 aromatic rings. The van der Waals surface area contributed by atoms with Crippen molar-refractivity contribution < 1.29 is 9.90 Å². The SMILES string of the molecule is CSC(C)CNC(=O)CC1(O)CCCCC1. The van der Waals surface area contributed by atoms with Crippen LogP contribution >= 0.6 is 11.8 Å². The maximum atomic E-state index is 11.7. The van der Waals surface area contributed by atoms with Crippen molar-refractivity contribution in [1.29, 1.82) is 0 Å². The molecule has 2 N–H and O–H groups in total. The summed E-state index contributed by atoms with van der Waals surface area (Å²) in [6.07, 6.45) is 7.14. The first-order valence-electron chi connectivity index (χ1n) is 6.08. The van der Waals surface area contributed by atoms with Crippen molar-refractivity contribution in [2.24, 2.45) is 0 Å². The molecule has 0 radical (unpaired) electrons. The Hall–Kier alpha value is -0.220. The molecule has 0 spiro atoms. The Morgan fingerprint density at radius 1 is 1.44 bits per heavy atom. The predicted octanol–water partition coefficient (Wildman–Crippen LogP) is 1.94. The highest BCUT2D eigenvalue weighted by atomic mass is 32.2. The van der Waals surface area contributed by atoms with Gasteiger partial charge in [-0.1, -0.05) is 26.2 Å². The molecule has 1 fully saturated rings. The van der Waals surface area contributed by atoms with E-state index in [-0.39, 0.29) is 12.3 Å². The number of carbonyl (C=O) groups excluding carboxylic acids is 1. The van der Waals surface area contributed by atoms with Crippen LogP contribution in [-0.4, -0.2) is 34.7 Å². The fourth-order valence-corrected chi connectivity index (χ4v) is 2.34. The molecule has 1 atom stereocenters. The third-order valence-corrected chi connectivity index (χ3v) is 4.23. The summed E-state index contributed by atoms with van der Waals surface area (Å²) < 4.78 is 0. The summed E-state index contributed by atoms with van der Waals surface area (Å²) >= 11 is 1.73. The van der Waals surface area contributed by atoms with Gasteiger partial charge in [0.15, 0.2) is 0 Å². The van der Waals surface area contributed by atoms with Crippen LogP contribution in [0.3, 0.4) is 0 Å². The highest BCUT2D eigenvalue weighted by molar-refractivity contribution is 7.99. The quantitative estimate of drug-likeness (QED) is 0.778. The molecule has 3 nitrogen and oxygen atoms in total. The van der Waals surface area contributed by atoms with E-state index in [1.807, 2.05) is 6.26 Å². The van der Waals surface area contributed by atoms with Crippen molar-refractivity contribution in [3.8, 4) is 0 Å². The molecule has 0 aromatic carbocycles. The molecule has 1 amide bonds. The molecule has 4 heteroatoms. The zero-order valence-corrected chi connectivity index (χ0v) is 11.1. The standard InChI is InChI=1S/C12H23NO2S/c1-10(16-2)9-13-11(14)8-12(15)6-4-3-5-7-12/h10,15H,3-9H2,1-2H3,(H,13,14). The van der Waals surface area contributed by atoms with Gasteiger partial charge in [0, 0.05) is 11.8 Å². The summed E-state index contributed by atoms with van der Waals surface area (Å²) in [7, 11) is 0. The van der Waals surface area contributed by atoms with E-state index in [1.54, 1.807) is 11.8 Å². The first kappa shape index (κ1) is 13.8. The van der Waals surface area contributed by atoms with Gasteiger partial charge in [-0.15, -0.1) is 0 Å². The second-order valence-corrected chi connectivity index (χ2v) is 6.09. The smallest absolute Gasteiger partial charge is 0.222 e. The molecule has 1 rings (SSSR count). The molecule has 16 heavy (non-hydrogen) atoms. The maximum absolute atomic E-state index is 11.7. The second-order valence-electron chi connectivity index (χ2n) is 4.81. The van der Waals surface area contributed by atoms with E-state index in [9.17, 15) is 9.90 Å². The van der Waals surface area contributed by atoms with Crippen LogP contribution in [0.5, 0.6) is 0 Å². The van der Waals surface area contributed by atoms with Crippen molar-refractivity contribution in [1.82, 2.24) is 5.32 Å². The molecule has 1 saturated carbocycles. The summed E-state index contributed by atoms with van der Waals surface area (Å²) in [6.45, 7) is 2.77. The zero-order chi connectivity index (χ0) is 12.0. The lowest BCUT2D eigenvalue weighted by Crippen LogP contribution is -2.39. The van der Waals surface area contributed by atoms with Crippen LogP contribution in [0.2, 0.25) is 0 Å². The summed E-state index contributed by atoms with van der Waals surface area (Å²) in [6, 6.07) is 0. The van der Waals surface area contributed by atoms with Gasteiger partial charge >= 0.3 is 0 Å². The third-order valence-electron chi connectivity index (χ3n) is 3.26. The van der Waals surface area contributed by atoms with E-state index < -0.39 is 5.60 Å². The molecule has 94 valence electrons. The molecule has 0 aromatic heterocycles. The molecular weight excluding hydrogens is 222 g/mol. The minimum Gasteiger partial charge on any atom is -0.389 e. The first-order chi connectivity index (χ1) is 7.56. The van der Waals surface area contributed by atoms with Crippen LogP contribution in [0.4, 0.5) is 0 Å². The average molecular weight is 245 g/mol. The number of amides is 1. The highest BCUT2D eigenvalue weighted by Gasteiger charge is 2.31. The highest BCUT2D eigenvalue weighted by Crippen LogP contribution is 2.30. The van der Waals surface area contributed by atoms with E-state index in [1.165, 1.54) is 6.42 Å². The van der Waals surface area contributed by atoms with E-state index >= 15 is 0 Å². The van der Waals surface area contributed by atoms with Gasteiger partial charge in [-0.05, 0) is 19.1 Å². The Labute approximate surface area is 102 Å². The lowest BCUT2D eigenvalue weighted by molar-refractivity contribution is -0.127. The maximum Gasteiger partial charge on any atom is 0.222 e. The number of hydrogen-bond acceptors (Lipinski definition) is 3. The molecule has 1 aliphatic rings. The second kappa shape index (κ2) is 6.50. The fraction of sp³-hybridized carbons (Fsp3) is 0.917. The van der Waals surface area contributed by atoms with Gasteiger partial charge < -0.3 is 10.4 Å². The van der Waals surface area contributed by atoms with E-state index in [2.05, 4.69) is 12.2 Å². The third kappa shape index (κ3) is 4.74. The predicted molar refractivity (Wildman–Crippen MR) is 68.6 cm³/mol. The van der Waals surface area contributed by atoms with Gasteiger partial charge in [0.05, 0.1) is 12.0 Å². The first-order valence-corrected chi connectivity index (χ1v) is 7.36. The Morgan fingerprint density at radius 3 is 2.62 bits per heavy atom. The molecule has 0 saturated heterocycles. The fourth-order valence-electron chi connectivity index (χ4n) is 2.09. The topological polar surface area (TPSA) is 49.3 Å². The van der Waals surface area contributed by atoms with Crippen LogP contribution in [0.1, 0.15) is 45.4 Å². The van der Waals surface area contributed by atoms with Gasteiger partial charge in [-0.2, -0.15) is 11.8 Å². The van der Waals surface area contributed by atoms with Crippen LogP contribution in [0, 0.1) is 0 Å². The number of thioether (sulfide) groups is 1. The van der Waals surface area contributed by atoms with Crippen LogP contribution in [-0.2, 0) is 4.79 Å². The van der Waals surface area contributed by atoms with Gasteiger partial charge in [-0.25, -0.2) is 0 Å². The number of nitrogens with one attached hydrogen (secondary N) is 1. The normalized spacial score (nSPS) is 21.4. The van der Waals surface area contributed by atoms with E-state index in [4.69, 9.17) is 0 Å². The van der Waals surface area contributed by atoms with Crippen LogP contribution in [0.15, 0.2) is 0 Å². The van der Waals surface area contributed by atoms with E-state index in [0.29, 0.717) is 11.8 Å². The van der Waals surface area contributed by atoms with Crippen molar-refractivity contribution in [2.75, 3.05) is 12.8 Å². The monoisotopic (exact) mass is 245 g/mol. The molecule has 0 aliphatic heterocycles. The Bertz CT molecular complexity index is 227. The minimum absolute atomic E-state index is 0.00898. The number of carbonyl (C=O) groups is 1. The Morgan fingerprint density at radius 2 is 2.06 bits per heavy atom. The van der Waals surface area contributed by atoms with Crippen LogP contribution in [0.25, 0.3) is 0 Å². The largest absolute Gasteiger partial charge is 0.389 e. The van der Waals surface area contributed by atoms with Crippen molar-refractivity contribution >= 4 is 17.7 Å². The van der Waals surface area contributed by atoms with E-state index in [0.717, 1.165) is 25.7 Å². The molecule has 0 heterocycles. The molecule has 0 bridgehead atoms.